The third-order valence-corrected chi connectivity index (χ3v) is 2.75. The van der Waals surface area contributed by atoms with Crippen molar-refractivity contribution in [1.29, 1.82) is 5.26 Å². The van der Waals surface area contributed by atoms with E-state index in [9.17, 15) is 14.5 Å². The summed E-state index contributed by atoms with van der Waals surface area (Å²) in [5.41, 5.74) is 0.739. The fraction of sp³-hybridized carbons (Fsp3) is 0.143. The summed E-state index contributed by atoms with van der Waals surface area (Å²) in [7, 11) is 0. The van der Waals surface area contributed by atoms with Crippen LogP contribution in [-0.4, -0.2) is 9.91 Å². The van der Waals surface area contributed by atoms with E-state index in [0.717, 1.165) is 12.1 Å². The zero-order chi connectivity index (χ0) is 15.6. The van der Waals surface area contributed by atoms with Gasteiger partial charge in [-0.2, -0.15) is 9.65 Å². The third kappa shape index (κ3) is 2.95. The standard InChI is InChI=1S/C14H10FN3O3/c1-8-5-14(11(7-16)9(2)17-8)21-10-3-4-13(18(19)20)12(15)6-10/h3-6H,1-2H3. The number of hydrogen-bond acceptors (Lipinski definition) is 5. The molecule has 0 spiro atoms. The van der Waals surface area contributed by atoms with Crippen LogP contribution >= 0.6 is 0 Å². The second-order valence-corrected chi connectivity index (χ2v) is 4.31. The van der Waals surface area contributed by atoms with Gasteiger partial charge in [0.05, 0.1) is 10.6 Å². The molecule has 0 bridgehead atoms. The second-order valence-electron chi connectivity index (χ2n) is 4.31. The number of aryl methyl sites for hydroxylation is 2. The van der Waals surface area contributed by atoms with Crippen LogP contribution in [0, 0.1) is 41.1 Å². The van der Waals surface area contributed by atoms with E-state index < -0.39 is 16.4 Å². The molecule has 0 aliphatic carbocycles. The van der Waals surface area contributed by atoms with E-state index in [2.05, 4.69) is 4.98 Å². The maximum absolute atomic E-state index is 13.5. The average molecular weight is 287 g/mol. The minimum absolute atomic E-state index is 0.0691. The SMILES string of the molecule is Cc1cc(Oc2ccc([N+](=O)[O-])c(F)c2)c(C#N)c(C)n1. The molecule has 0 radical (unpaired) electrons. The molecule has 2 aromatic rings. The number of nitrogens with zero attached hydrogens (tertiary/aromatic N) is 3. The van der Waals surface area contributed by atoms with Crippen LogP contribution in [0.15, 0.2) is 24.3 Å². The minimum Gasteiger partial charge on any atom is -0.456 e. The molecule has 1 aromatic carbocycles. The number of nitro groups is 1. The molecule has 1 heterocycles. The molecule has 106 valence electrons. The maximum atomic E-state index is 13.5. The Morgan fingerprint density at radius 2 is 2.10 bits per heavy atom. The Balaban J connectivity index is 2.42. The van der Waals surface area contributed by atoms with Gasteiger partial charge in [-0.25, -0.2) is 0 Å². The van der Waals surface area contributed by atoms with E-state index in [4.69, 9.17) is 10.00 Å². The van der Waals surface area contributed by atoms with Gasteiger partial charge < -0.3 is 4.74 Å². The molecule has 2 rings (SSSR count). The van der Waals surface area contributed by atoms with E-state index in [0.29, 0.717) is 11.4 Å². The predicted octanol–water partition coefficient (Wildman–Crippen LogP) is 3.41. The van der Waals surface area contributed by atoms with Gasteiger partial charge in [-0.05, 0) is 19.9 Å². The lowest BCUT2D eigenvalue weighted by molar-refractivity contribution is -0.387. The lowest BCUT2D eigenvalue weighted by atomic mass is 10.2. The van der Waals surface area contributed by atoms with Gasteiger partial charge in [0.15, 0.2) is 0 Å². The Kier molecular flexibility index (Phi) is 3.80. The van der Waals surface area contributed by atoms with Gasteiger partial charge in [0, 0.05) is 23.9 Å². The van der Waals surface area contributed by atoms with Crippen molar-refractivity contribution in [3.63, 3.8) is 0 Å². The first-order chi connectivity index (χ1) is 9.92. The summed E-state index contributed by atoms with van der Waals surface area (Å²) in [4.78, 5) is 13.9. The average Bonchev–Trinajstić information content (AvgIpc) is 2.37. The molecule has 0 atom stereocenters. The summed E-state index contributed by atoms with van der Waals surface area (Å²) in [6.07, 6.45) is 0. The number of ether oxygens (including phenoxy) is 1. The minimum atomic E-state index is -1.00. The van der Waals surface area contributed by atoms with Gasteiger partial charge in [-0.3, -0.25) is 15.1 Å². The highest BCUT2D eigenvalue weighted by Crippen LogP contribution is 2.29. The fourth-order valence-electron chi connectivity index (χ4n) is 1.84. The van der Waals surface area contributed by atoms with Crippen molar-refractivity contribution in [3.8, 4) is 17.6 Å². The van der Waals surface area contributed by atoms with Crippen molar-refractivity contribution in [2.24, 2.45) is 0 Å². The van der Waals surface area contributed by atoms with Crippen LogP contribution in [0.4, 0.5) is 10.1 Å². The number of rotatable bonds is 3. The molecular weight excluding hydrogens is 277 g/mol. The van der Waals surface area contributed by atoms with Crippen molar-refractivity contribution in [2.75, 3.05) is 0 Å². The Morgan fingerprint density at radius 3 is 2.67 bits per heavy atom. The second kappa shape index (κ2) is 5.54. The van der Waals surface area contributed by atoms with Gasteiger partial charge in [-0.15, -0.1) is 0 Å². The van der Waals surface area contributed by atoms with Gasteiger partial charge >= 0.3 is 5.69 Å². The molecule has 6 nitrogen and oxygen atoms in total. The first-order valence-corrected chi connectivity index (χ1v) is 5.92. The number of nitriles is 1. The van der Waals surface area contributed by atoms with E-state index in [1.54, 1.807) is 19.9 Å². The Hall–Kier alpha value is -3.01. The normalized spacial score (nSPS) is 10.0. The van der Waals surface area contributed by atoms with Crippen LogP contribution in [0.1, 0.15) is 17.0 Å². The molecule has 0 amide bonds. The molecule has 1 aromatic heterocycles. The van der Waals surface area contributed by atoms with Crippen LogP contribution in [0.2, 0.25) is 0 Å². The number of pyridine rings is 1. The van der Waals surface area contributed by atoms with Crippen molar-refractivity contribution < 1.29 is 14.1 Å². The predicted molar refractivity (Wildman–Crippen MR) is 71.6 cm³/mol. The maximum Gasteiger partial charge on any atom is 0.305 e. The highest BCUT2D eigenvalue weighted by molar-refractivity contribution is 5.49. The molecular formula is C14H10FN3O3. The molecule has 0 N–H and O–H groups in total. The molecule has 0 aliphatic rings. The van der Waals surface area contributed by atoms with Gasteiger partial charge in [0.2, 0.25) is 5.82 Å². The quantitative estimate of drug-likeness (QED) is 0.637. The van der Waals surface area contributed by atoms with Crippen molar-refractivity contribution in [1.82, 2.24) is 4.98 Å². The first-order valence-electron chi connectivity index (χ1n) is 5.92. The van der Waals surface area contributed by atoms with E-state index in [-0.39, 0.29) is 17.1 Å². The van der Waals surface area contributed by atoms with Crippen LogP contribution in [-0.2, 0) is 0 Å². The largest absolute Gasteiger partial charge is 0.456 e. The number of nitro benzene ring substituents is 1. The summed E-state index contributed by atoms with van der Waals surface area (Å²) in [6, 6.07) is 6.70. The topological polar surface area (TPSA) is 89.0 Å². The Bertz CT molecular complexity index is 769. The van der Waals surface area contributed by atoms with E-state index in [1.165, 1.54) is 6.07 Å². The van der Waals surface area contributed by atoms with Crippen molar-refractivity contribution in [2.45, 2.75) is 13.8 Å². The summed E-state index contributed by atoms with van der Waals surface area (Å²) < 4.78 is 19.0. The highest BCUT2D eigenvalue weighted by Gasteiger charge is 2.16. The summed E-state index contributed by atoms with van der Waals surface area (Å²) in [5.74, 6) is -0.700. The number of hydrogen-bond donors (Lipinski definition) is 0. The molecule has 21 heavy (non-hydrogen) atoms. The fourth-order valence-corrected chi connectivity index (χ4v) is 1.84. The third-order valence-electron chi connectivity index (χ3n) is 2.75. The van der Waals surface area contributed by atoms with Crippen LogP contribution in [0.5, 0.6) is 11.5 Å². The number of aromatic nitrogens is 1. The van der Waals surface area contributed by atoms with Crippen LogP contribution < -0.4 is 4.74 Å². The Morgan fingerprint density at radius 1 is 1.38 bits per heavy atom. The molecule has 0 saturated heterocycles. The summed E-state index contributed by atoms with van der Waals surface area (Å²) in [5, 5.41) is 19.7. The van der Waals surface area contributed by atoms with Gasteiger partial charge in [0.1, 0.15) is 23.1 Å². The smallest absolute Gasteiger partial charge is 0.305 e. The Labute approximate surface area is 119 Å². The zero-order valence-corrected chi connectivity index (χ0v) is 11.3. The van der Waals surface area contributed by atoms with Crippen molar-refractivity contribution in [3.05, 3.63) is 57.1 Å². The lowest BCUT2D eigenvalue weighted by Gasteiger charge is -2.10. The summed E-state index contributed by atoms with van der Waals surface area (Å²) in [6.45, 7) is 3.40. The number of halogens is 1. The molecule has 0 fully saturated rings. The van der Waals surface area contributed by atoms with Crippen LogP contribution in [0.3, 0.4) is 0 Å². The van der Waals surface area contributed by atoms with E-state index >= 15 is 0 Å². The van der Waals surface area contributed by atoms with E-state index in [1.807, 2.05) is 6.07 Å². The van der Waals surface area contributed by atoms with Crippen LogP contribution in [0.25, 0.3) is 0 Å². The van der Waals surface area contributed by atoms with Gasteiger partial charge in [-0.1, -0.05) is 0 Å². The van der Waals surface area contributed by atoms with Crippen molar-refractivity contribution >= 4 is 5.69 Å². The number of benzene rings is 1. The molecule has 0 unspecified atom stereocenters. The zero-order valence-electron chi connectivity index (χ0n) is 11.3. The monoisotopic (exact) mass is 287 g/mol. The first kappa shape index (κ1) is 14.4. The molecule has 7 heteroatoms. The molecule has 0 saturated carbocycles. The summed E-state index contributed by atoms with van der Waals surface area (Å²) >= 11 is 0. The molecule has 0 aliphatic heterocycles. The highest BCUT2D eigenvalue weighted by atomic mass is 19.1. The lowest BCUT2D eigenvalue weighted by Crippen LogP contribution is -1.97. The van der Waals surface area contributed by atoms with Gasteiger partial charge in [0.25, 0.3) is 0 Å².